The Balaban J connectivity index is 1.40. The van der Waals surface area contributed by atoms with Crippen LogP contribution in [0.5, 0.6) is 0 Å². The first kappa shape index (κ1) is 20.2. The number of carbonyl (C=O) groups excluding carboxylic acids is 2. The summed E-state index contributed by atoms with van der Waals surface area (Å²) in [7, 11) is 0. The molecule has 0 bridgehead atoms. The van der Waals surface area contributed by atoms with Crippen molar-refractivity contribution in [1.82, 2.24) is 4.57 Å². The van der Waals surface area contributed by atoms with Crippen LogP contribution < -0.4 is 10.7 Å². The number of amides is 1. The van der Waals surface area contributed by atoms with Crippen LogP contribution in [0.2, 0.25) is 5.02 Å². The van der Waals surface area contributed by atoms with Crippen LogP contribution in [0.15, 0.2) is 51.7 Å². The van der Waals surface area contributed by atoms with Gasteiger partial charge in [0.1, 0.15) is 0 Å². The Morgan fingerprint density at radius 3 is 2.87 bits per heavy atom. The van der Waals surface area contributed by atoms with Crippen molar-refractivity contribution in [3.05, 3.63) is 63.6 Å². The second-order valence-electron chi connectivity index (χ2n) is 7.24. The van der Waals surface area contributed by atoms with Gasteiger partial charge in [-0.15, -0.1) is 0 Å². The van der Waals surface area contributed by atoms with Crippen LogP contribution in [0.25, 0.3) is 11.1 Å². The monoisotopic (exact) mass is 428 g/mol. The summed E-state index contributed by atoms with van der Waals surface area (Å²) in [5.41, 5.74) is 2.88. The topological polar surface area (TPSA) is 81.7 Å². The highest BCUT2D eigenvalue weighted by Gasteiger charge is 2.28. The molecule has 4 rings (SSSR count). The van der Waals surface area contributed by atoms with Gasteiger partial charge in [-0.1, -0.05) is 29.8 Å². The fraction of sp³-hybridized carbons (Fsp3) is 0.318. The number of benzene rings is 2. The number of ether oxygens (including phenoxy) is 1. The Morgan fingerprint density at radius 2 is 2.03 bits per heavy atom. The summed E-state index contributed by atoms with van der Waals surface area (Å²) in [6, 6.07) is 12.6. The molecule has 2 heterocycles. The lowest BCUT2D eigenvalue weighted by Gasteiger charge is -2.31. The Hall–Kier alpha value is -3.06. The normalized spacial score (nSPS) is 14.4. The molecule has 1 aliphatic rings. The van der Waals surface area contributed by atoms with Crippen molar-refractivity contribution in [3.8, 4) is 0 Å². The molecule has 1 aromatic heterocycles. The molecular weight excluding hydrogens is 408 g/mol. The third-order valence-corrected chi connectivity index (χ3v) is 5.44. The van der Waals surface area contributed by atoms with Crippen LogP contribution in [0, 0.1) is 0 Å². The third-order valence-electron chi connectivity index (χ3n) is 5.20. The molecule has 1 amide bonds. The highest BCUT2D eigenvalue weighted by Crippen LogP contribution is 2.27. The van der Waals surface area contributed by atoms with Crippen molar-refractivity contribution in [2.75, 3.05) is 11.4 Å². The number of anilines is 1. The number of fused-ring (bicyclic) bond motifs is 2. The SMILES string of the molecule is C[C@H](OC(=O)CCn1c(=O)oc2cc(Cl)ccc21)C(=O)N1CCCc2ccccc21. The number of nitrogens with zero attached hydrogens (tertiary/aromatic N) is 2. The van der Waals surface area contributed by atoms with Gasteiger partial charge in [0.25, 0.3) is 5.91 Å². The molecular formula is C22H21ClN2O5. The lowest BCUT2D eigenvalue weighted by Crippen LogP contribution is -2.42. The van der Waals surface area contributed by atoms with E-state index in [1.165, 1.54) is 4.57 Å². The first-order valence-electron chi connectivity index (χ1n) is 9.81. The maximum atomic E-state index is 12.9. The van der Waals surface area contributed by atoms with Gasteiger partial charge in [-0.2, -0.15) is 0 Å². The molecule has 0 spiro atoms. The Bertz CT molecular complexity index is 1170. The summed E-state index contributed by atoms with van der Waals surface area (Å²) < 4.78 is 11.9. The second kappa shape index (κ2) is 8.36. The molecule has 7 nitrogen and oxygen atoms in total. The molecule has 30 heavy (non-hydrogen) atoms. The van der Waals surface area contributed by atoms with E-state index in [9.17, 15) is 14.4 Å². The quantitative estimate of drug-likeness (QED) is 0.580. The maximum Gasteiger partial charge on any atom is 0.419 e. The van der Waals surface area contributed by atoms with E-state index < -0.39 is 17.8 Å². The molecule has 1 aliphatic heterocycles. The molecule has 0 unspecified atom stereocenters. The highest BCUT2D eigenvalue weighted by atomic mass is 35.5. The van der Waals surface area contributed by atoms with Gasteiger partial charge in [-0.3, -0.25) is 14.2 Å². The van der Waals surface area contributed by atoms with E-state index >= 15 is 0 Å². The molecule has 0 fully saturated rings. The number of esters is 1. The molecule has 2 aromatic carbocycles. The zero-order valence-corrected chi connectivity index (χ0v) is 17.2. The summed E-state index contributed by atoms with van der Waals surface area (Å²) in [4.78, 5) is 38.9. The molecule has 0 saturated carbocycles. The summed E-state index contributed by atoms with van der Waals surface area (Å²) in [5, 5.41) is 0.453. The van der Waals surface area contributed by atoms with E-state index in [1.54, 1.807) is 30.0 Å². The van der Waals surface area contributed by atoms with Crippen LogP contribution in [0.3, 0.4) is 0 Å². The lowest BCUT2D eigenvalue weighted by molar-refractivity contribution is -0.154. The molecule has 0 N–H and O–H groups in total. The maximum absolute atomic E-state index is 12.9. The Kier molecular flexibility index (Phi) is 5.63. The zero-order valence-electron chi connectivity index (χ0n) is 16.5. The van der Waals surface area contributed by atoms with E-state index in [0.717, 1.165) is 24.1 Å². The van der Waals surface area contributed by atoms with Gasteiger partial charge in [-0.05, 0) is 43.5 Å². The van der Waals surface area contributed by atoms with Crippen molar-refractivity contribution >= 4 is 40.3 Å². The summed E-state index contributed by atoms with van der Waals surface area (Å²) in [6.07, 6.45) is 0.808. The van der Waals surface area contributed by atoms with Gasteiger partial charge in [0, 0.05) is 29.9 Å². The Labute approximate surface area is 177 Å². The first-order valence-corrected chi connectivity index (χ1v) is 10.2. The standard InChI is InChI=1S/C22H21ClN2O5/c1-14(21(27)24-11-4-6-15-5-2-3-7-17(15)24)29-20(26)10-12-25-18-9-8-16(23)13-19(18)30-22(25)28/h2-3,5,7-9,13-14H,4,6,10-12H2,1H3/t14-/m0/s1. The van der Waals surface area contributed by atoms with E-state index in [4.69, 9.17) is 20.8 Å². The van der Waals surface area contributed by atoms with Crippen LogP contribution in [-0.4, -0.2) is 29.1 Å². The zero-order chi connectivity index (χ0) is 21.3. The number of aromatic nitrogens is 1. The number of oxazole rings is 1. The van der Waals surface area contributed by atoms with Crippen molar-refractivity contribution in [1.29, 1.82) is 0 Å². The molecule has 8 heteroatoms. The fourth-order valence-electron chi connectivity index (χ4n) is 3.74. The minimum atomic E-state index is -0.916. The van der Waals surface area contributed by atoms with Gasteiger partial charge in [0.2, 0.25) is 0 Å². The lowest BCUT2D eigenvalue weighted by atomic mass is 10.0. The average Bonchev–Trinajstić information content (AvgIpc) is 3.05. The second-order valence-corrected chi connectivity index (χ2v) is 7.67. The number of hydrogen-bond acceptors (Lipinski definition) is 5. The van der Waals surface area contributed by atoms with Gasteiger partial charge >= 0.3 is 11.7 Å². The first-order chi connectivity index (χ1) is 14.4. The van der Waals surface area contributed by atoms with Gasteiger partial charge in [0.15, 0.2) is 11.7 Å². The van der Waals surface area contributed by atoms with Crippen molar-refractivity contribution in [3.63, 3.8) is 0 Å². The number of aryl methyl sites for hydroxylation is 2. The number of para-hydroxylation sites is 1. The van der Waals surface area contributed by atoms with Gasteiger partial charge in [-0.25, -0.2) is 4.79 Å². The third kappa shape index (κ3) is 3.98. The summed E-state index contributed by atoms with van der Waals surface area (Å²) >= 11 is 5.91. The molecule has 156 valence electrons. The predicted octanol–water partition coefficient (Wildman–Crippen LogP) is 3.55. The molecule has 0 radical (unpaired) electrons. The van der Waals surface area contributed by atoms with E-state index in [1.807, 2.05) is 24.3 Å². The van der Waals surface area contributed by atoms with Crippen LogP contribution in [0.1, 0.15) is 25.3 Å². The number of rotatable bonds is 5. The van der Waals surface area contributed by atoms with Crippen LogP contribution >= 0.6 is 11.6 Å². The van der Waals surface area contributed by atoms with Gasteiger partial charge in [0.05, 0.1) is 11.9 Å². The van der Waals surface area contributed by atoms with Crippen LogP contribution in [0.4, 0.5) is 5.69 Å². The van der Waals surface area contributed by atoms with Crippen molar-refractivity contribution < 1.29 is 18.7 Å². The number of hydrogen-bond donors (Lipinski definition) is 0. The van der Waals surface area contributed by atoms with Gasteiger partial charge < -0.3 is 14.1 Å². The van der Waals surface area contributed by atoms with E-state index in [-0.39, 0.29) is 18.9 Å². The van der Waals surface area contributed by atoms with Crippen molar-refractivity contribution in [2.24, 2.45) is 0 Å². The minimum Gasteiger partial charge on any atom is -0.452 e. The van der Waals surface area contributed by atoms with E-state index in [0.29, 0.717) is 22.7 Å². The summed E-state index contributed by atoms with van der Waals surface area (Å²) in [5.74, 6) is -1.39. The number of halogens is 1. The molecule has 0 saturated heterocycles. The molecule has 1 atom stereocenters. The fourth-order valence-corrected chi connectivity index (χ4v) is 3.91. The minimum absolute atomic E-state index is 0.0641. The smallest absolute Gasteiger partial charge is 0.419 e. The average molecular weight is 429 g/mol. The van der Waals surface area contributed by atoms with Crippen LogP contribution in [-0.2, 0) is 27.3 Å². The van der Waals surface area contributed by atoms with Crippen molar-refractivity contribution in [2.45, 2.75) is 38.8 Å². The Morgan fingerprint density at radius 1 is 1.23 bits per heavy atom. The van der Waals surface area contributed by atoms with E-state index in [2.05, 4.69) is 0 Å². The molecule has 0 aliphatic carbocycles. The molecule has 3 aromatic rings. The largest absolute Gasteiger partial charge is 0.452 e. The summed E-state index contributed by atoms with van der Waals surface area (Å²) in [6.45, 7) is 2.25. The number of carbonyl (C=O) groups is 2. The highest BCUT2D eigenvalue weighted by molar-refractivity contribution is 6.31. The predicted molar refractivity (Wildman–Crippen MR) is 113 cm³/mol.